The van der Waals surface area contributed by atoms with E-state index in [1.807, 2.05) is 13.8 Å². The Morgan fingerprint density at radius 2 is 2.11 bits per heavy atom. The standard InChI is InChI=1S/C15H23NO3/c1-4-18-15(17)14-13(10(2)3)16-12(19-14)9-11-7-5-6-8-11/h10-11H,4-9H2,1-3H3. The van der Waals surface area contributed by atoms with E-state index < -0.39 is 5.97 Å². The Balaban J connectivity index is 2.16. The van der Waals surface area contributed by atoms with E-state index in [-0.39, 0.29) is 5.92 Å². The SMILES string of the molecule is CCOC(=O)c1oc(CC2CCCC2)nc1C(C)C. The van der Waals surface area contributed by atoms with Crippen LogP contribution in [-0.2, 0) is 11.2 Å². The second-order valence-electron chi connectivity index (χ2n) is 5.55. The lowest BCUT2D eigenvalue weighted by molar-refractivity contribution is 0.0485. The minimum Gasteiger partial charge on any atom is -0.460 e. The largest absolute Gasteiger partial charge is 0.460 e. The third kappa shape index (κ3) is 3.37. The molecule has 1 aliphatic carbocycles. The van der Waals surface area contributed by atoms with Crippen LogP contribution in [0.5, 0.6) is 0 Å². The summed E-state index contributed by atoms with van der Waals surface area (Å²) < 4.78 is 10.7. The first-order valence-corrected chi connectivity index (χ1v) is 7.28. The van der Waals surface area contributed by atoms with Crippen molar-refractivity contribution in [3.63, 3.8) is 0 Å². The highest BCUT2D eigenvalue weighted by Gasteiger charge is 2.25. The Morgan fingerprint density at radius 3 is 2.68 bits per heavy atom. The molecule has 1 saturated carbocycles. The summed E-state index contributed by atoms with van der Waals surface area (Å²) in [4.78, 5) is 16.4. The number of carbonyl (C=O) groups excluding carboxylic acids is 1. The Kier molecular flexibility index (Phi) is 4.61. The first-order chi connectivity index (χ1) is 9.11. The monoisotopic (exact) mass is 265 g/mol. The van der Waals surface area contributed by atoms with Crippen molar-refractivity contribution < 1.29 is 13.9 Å². The van der Waals surface area contributed by atoms with Crippen molar-refractivity contribution in [3.05, 3.63) is 17.3 Å². The summed E-state index contributed by atoms with van der Waals surface area (Å²) in [6, 6.07) is 0. The van der Waals surface area contributed by atoms with Gasteiger partial charge in [-0.25, -0.2) is 9.78 Å². The second-order valence-corrected chi connectivity index (χ2v) is 5.55. The maximum absolute atomic E-state index is 11.9. The van der Waals surface area contributed by atoms with E-state index in [4.69, 9.17) is 9.15 Å². The first kappa shape index (κ1) is 14.1. The van der Waals surface area contributed by atoms with Crippen LogP contribution in [0.15, 0.2) is 4.42 Å². The van der Waals surface area contributed by atoms with Crippen LogP contribution in [0.2, 0.25) is 0 Å². The predicted molar refractivity (Wildman–Crippen MR) is 72.2 cm³/mol. The van der Waals surface area contributed by atoms with E-state index in [9.17, 15) is 4.79 Å². The zero-order chi connectivity index (χ0) is 13.8. The molecule has 0 amide bonds. The van der Waals surface area contributed by atoms with Crippen LogP contribution in [0.1, 0.15) is 74.5 Å². The molecule has 0 radical (unpaired) electrons. The van der Waals surface area contributed by atoms with Gasteiger partial charge >= 0.3 is 5.97 Å². The molecule has 106 valence electrons. The third-order valence-electron chi connectivity index (χ3n) is 3.64. The van der Waals surface area contributed by atoms with Gasteiger partial charge in [0.1, 0.15) is 0 Å². The molecule has 0 bridgehead atoms. The van der Waals surface area contributed by atoms with Crippen molar-refractivity contribution in [2.24, 2.45) is 5.92 Å². The molecule has 1 aliphatic rings. The molecule has 0 N–H and O–H groups in total. The molecule has 2 rings (SSSR count). The molecule has 1 aromatic rings. The van der Waals surface area contributed by atoms with Gasteiger partial charge in [-0.2, -0.15) is 0 Å². The third-order valence-corrected chi connectivity index (χ3v) is 3.64. The highest BCUT2D eigenvalue weighted by atomic mass is 16.5. The lowest BCUT2D eigenvalue weighted by Gasteiger charge is -2.03. The quantitative estimate of drug-likeness (QED) is 0.762. The van der Waals surface area contributed by atoms with Crippen LogP contribution in [0, 0.1) is 5.92 Å². The molecule has 4 heteroatoms. The molecule has 0 unspecified atom stereocenters. The number of nitrogens with zero attached hydrogens (tertiary/aromatic N) is 1. The maximum Gasteiger partial charge on any atom is 0.376 e. The van der Waals surface area contributed by atoms with E-state index >= 15 is 0 Å². The summed E-state index contributed by atoms with van der Waals surface area (Å²) in [5, 5.41) is 0. The molecule has 0 aromatic carbocycles. The Morgan fingerprint density at radius 1 is 1.42 bits per heavy atom. The highest BCUT2D eigenvalue weighted by molar-refractivity contribution is 5.87. The second kappa shape index (κ2) is 6.22. The van der Waals surface area contributed by atoms with E-state index in [0.29, 0.717) is 24.2 Å². The van der Waals surface area contributed by atoms with E-state index in [1.54, 1.807) is 6.92 Å². The van der Waals surface area contributed by atoms with E-state index in [1.165, 1.54) is 25.7 Å². The topological polar surface area (TPSA) is 52.3 Å². The summed E-state index contributed by atoms with van der Waals surface area (Å²) in [5.74, 6) is 1.43. The molecule has 1 aromatic heterocycles. The highest BCUT2D eigenvalue weighted by Crippen LogP contribution is 2.29. The Bertz CT molecular complexity index is 431. The average molecular weight is 265 g/mol. The van der Waals surface area contributed by atoms with E-state index in [0.717, 1.165) is 12.1 Å². The van der Waals surface area contributed by atoms with Crippen LogP contribution in [0.3, 0.4) is 0 Å². The van der Waals surface area contributed by atoms with Gasteiger partial charge in [0.05, 0.1) is 12.3 Å². The Hall–Kier alpha value is -1.32. The van der Waals surface area contributed by atoms with Crippen LogP contribution < -0.4 is 0 Å². The maximum atomic E-state index is 11.9. The molecule has 0 aliphatic heterocycles. The smallest absolute Gasteiger partial charge is 0.376 e. The fourth-order valence-electron chi connectivity index (χ4n) is 2.66. The minimum atomic E-state index is -0.392. The predicted octanol–water partition coefficient (Wildman–Crippen LogP) is 3.71. The molecule has 0 spiro atoms. The Labute approximate surface area is 114 Å². The van der Waals surface area contributed by atoms with Crippen molar-refractivity contribution in [1.29, 1.82) is 0 Å². The van der Waals surface area contributed by atoms with Gasteiger partial charge in [0.25, 0.3) is 0 Å². The van der Waals surface area contributed by atoms with Gasteiger partial charge < -0.3 is 9.15 Å². The molecular weight excluding hydrogens is 242 g/mol. The fourth-order valence-corrected chi connectivity index (χ4v) is 2.66. The first-order valence-electron chi connectivity index (χ1n) is 7.28. The summed E-state index contributed by atoms with van der Waals surface area (Å²) in [7, 11) is 0. The van der Waals surface area contributed by atoms with Gasteiger partial charge in [-0.1, -0.05) is 26.7 Å². The normalized spacial score (nSPS) is 16.2. The van der Waals surface area contributed by atoms with Crippen LogP contribution in [-0.4, -0.2) is 17.6 Å². The molecule has 1 heterocycles. The molecule has 1 fully saturated rings. The number of hydrogen-bond acceptors (Lipinski definition) is 4. The lowest BCUT2D eigenvalue weighted by atomic mass is 10.0. The molecule has 4 nitrogen and oxygen atoms in total. The average Bonchev–Trinajstić information content (AvgIpc) is 2.99. The van der Waals surface area contributed by atoms with Crippen molar-refractivity contribution >= 4 is 5.97 Å². The summed E-state index contributed by atoms with van der Waals surface area (Å²) >= 11 is 0. The van der Waals surface area contributed by atoms with Gasteiger partial charge in [0, 0.05) is 6.42 Å². The fraction of sp³-hybridized carbons (Fsp3) is 0.733. The zero-order valence-electron chi connectivity index (χ0n) is 12.1. The number of aromatic nitrogens is 1. The van der Waals surface area contributed by atoms with Gasteiger partial charge in [-0.15, -0.1) is 0 Å². The van der Waals surface area contributed by atoms with Gasteiger partial charge in [0.15, 0.2) is 5.89 Å². The number of ether oxygens (including phenoxy) is 1. The number of esters is 1. The number of hydrogen-bond donors (Lipinski definition) is 0. The van der Waals surface area contributed by atoms with Gasteiger partial charge in [-0.05, 0) is 31.6 Å². The van der Waals surface area contributed by atoms with Crippen LogP contribution in [0.25, 0.3) is 0 Å². The molecule has 19 heavy (non-hydrogen) atoms. The van der Waals surface area contributed by atoms with Crippen molar-refractivity contribution in [3.8, 4) is 0 Å². The minimum absolute atomic E-state index is 0.167. The summed E-state index contributed by atoms with van der Waals surface area (Å²) in [5.41, 5.74) is 0.728. The number of oxazole rings is 1. The zero-order valence-corrected chi connectivity index (χ0v) is 12.1. The number of carbonyl (C=O) groups is 1. The van der Waals surface area contributed by atoms with Gasteiger partial charge in [0.2, 0.25) is 5.76 Å². The molecular formula is C15H23NO3. The van der Waals surface area contributed by atoms with Crippen molar-refractivity contribution in [1.82, 2.24) is 4.98 Å². The van der Waals surface area contributed by atoms with E-state index in [2.05, 4.69) is 4.98 Å². The molecule has 0 atom stereocenters. The van der Waals surface area contributed by atoms with Crippen molar-refractivity contribution in [2.45, 2.75) is 58.8 Å². The summed E-state index contributed by atoms with van der Waals surface area (Å²) in [6.45, 7) is 6.18. The van der Waals surface area contributed by atoms with Gasteiger partial charge in [-0.3, -0.25) is 0 Å². The lowest BCUT2D eigenvalue weighted by Crippen LogP contribution is -2.07. The van der Waals surface area contributed by atoms with Crippen molar-refractivity contribution in [2.75, 3.05) is 6.61 Å². The number of rotatable bonds is 5. The summed E-state index contributed by atoms with van der Waals surface area (Å²) in [6.07, 6.45) is 5.93. The van der Waals surface area contributed by atoms with Crippen LogP contribution >= 0.6 is 0 Å². The van der Waals surface area contributed by atoms with Crippen LogP contribution in [0.4, 0.5) is 0 Å². The molecule has 0 saturated heterocycles.